The Morgan fingerprint density at radius 1 is 0.528 bits per heavy atom. The number of amides is 4. The molecule has 3 fully saturated rings. The van der Waals surface area contributed by atoms with Crippen LogP contribution < -0.4 is 30.7 Å². The third-order valence-electron chi connectivity index (χ3n) is 10.3. The molecule has 2 unspecified atom stereocenters. The Morgan fingerprint density at radius 3 is 1.36 bits per heavy atom. The number of carbonyl (C=O) groups is 4. The van der Waals surface area contributed by atoms with Gasteiger partial charge in [0.15, 0.2) is 0 Å². The van der Waals surface area contributed by atoms with E-state index in [2.05, 4.69) is 21.3 Å². The van der Waals surface area contributed by atoms with Crippen molar-refractivity contribution in [2.24, 2.45) is 11.8 Å². The minimum absolute atomic E-state index is 0.206. The number of epoxide rings is 2. The average Bonchev–Trinajstić information content (AvgIpc) is 4.13. The highest BCUT2D eigenvalue weighted by Gasteiger charge is 2.25. The third-order valence-corrected chi connectivity index (χ3v) is 10.3. The summed E-state index contributed by atoms with van der Waals surface area (Å²) in [7, 11) is 0. The minimum Gasteiger partial charge on any atom is -0.494 e. The Hall–Kier alpha value is -4.94. The number of nitrogens with one attached hydrogen (secondary N) is 4. The molecule has 12 heteroatoms. The zero-order valence-corrected chi connectivity index (χ0v) is 30.0. The molecule has 1 saturated carbocycles. The van der Waals surface area contributed by atoms with Crippen molar-refractivity contribution in [1.82, 2.24) is 21.3 Å². The zero-order valence-electron chi connectivity index (χ0n) is 30.0. The second-order valence-electron chi connectivity index (χ2n) is 14.5. The van der Waals surface area contributed by atoms with Crippen molar-refractivity contribution in [3.63, 3.8) is 0 Å². The van der Waals surface area contributed by atoms with E-state index < -0.39 is 0 Å². The second-order valence-corrected chi connectivity index (χ2v) is 14.5. The lowest BCUT2D eigenvalue weighted by atomic mass is 9.82. The minimum atomic E-state index is -0.319. The van der Waals surface area contributed by atoms with Gasteiger partial charge in [0.2, 0.25) is 0 Å². The largest absolute Gasteiger partial charge is 0.494 e. The van der Waals surface area contributed by atoms with Crippen molar-refractivity contribution in [2.45, 2.75) is 70.2 Å². The molecule has 53 heavy (non-hydrogen) atoms. The molecule has 7 aliphatic rings. The molecule has 280 valence electrons. The maximum absolute atomic E-state index is 13.4. The van der Waals surface area contributed by atoms with Crippen LogP contribution in [0.4, 0.5) is 0 Å². The maximum atomic E-state index is 13.4. The van der Waals surface area contributed by atoms with Crippen molar-refractivity contribution in [2.75, 3.05) is 39.5 Å². The first-order chi connectivity index (χ1) is 25.8. The van der Waals surface area contributed by atoms with Gasteiger partial charge in [0.1, 0.15) is 11.5 Å². The summed E-state index contributed by atoms with van der Waals surface area (Å²) < 4.78 is 22.5. The quantitative estimate of drug-likeness (QED) is 0.185. The Balaban J connectivity index is 1.06. The van der Waals surface area contributed by atoms with Gasteiger partial charge < -0.3 is 40.2 Å². The number of ether oxygens (including phenoxy) is 4. The summed E-state index contributed by atoms with van der Waals surface area (Å²) in [5.74, 6) is 0.403. The van der Waals surface area contributed by atoms with Gasteiger partial charge >= 0.3 is 0 Å². The van der Waals surface area contributed by atoms with E-state index in [4.69, 9.17) is 18.9 Å². The highest BCUT2D eigenvalue weighted by molar-refractivity contribution is 6.01. The first kappa shape index (κ1) is 36.4. The Labute approximate surface area is 309 Å². The highest BCUT2D eigenvalue weighted by Crippen LogP contribution is 2.29. The van der Waals surface area contributed by atoms with Gasteiger partial charge in [-0.25, -0.2) is 0 Å². The van der Waals surface area contributed by atoms with Crippen LogP contribution in [0.2, 0.25) is 0 Å². The summed E-state index contributed by atoms with van der Waals surface area (Å²) in [5, 5.41) is 12.1. The lowest BCUT2D eigenvalue weighted by molar-refractivity contribution is 0.0920. The zero-order chi connectivity index (χ0) is 36.6. The first-order valence-electron chi connectivity index (χ1n) is 18.8. The van der Waals surface area contributed by atoms with Crippen LogP contribution in [0.1, 0.15) is 97.5 Å². The monoisotopic (exact) mass is 724 g/mol. The smallest absolute Gasteiger partial charge is 0.251 e. The fourth-order valence-electron chi connectivity index (χ4n) is 6.83. The van der Waals surface area contributed by atoms with Gasteiger partial charge in [-0.15, -0.1) is 0 Å². The molecule has 8 bridgehead atoms. The molecule has 1 aliphatic carbocycles. The molecule has 3 aromatic carbocycles. The van der Waals surface area contributed by atoms with E-state index in [0.29, 0.717) is 78.0 Å². The van der Waals surface area contributed by atoms with Crippen LogP contribution >= 0.6 is 0 Å². The lowest BCUT2D eigenvalue weighted by Crippen LogP contribution is -2.35. The van der Waals surface area contributed by atoms with Crippen LogP contribution in [0, 0.1) is 11.8 Å². The number of hydrogen-bond acceptors (Lipinski definition) is 8. The normalized spacial score (nSPS) is 23.3. The van der Waals surface area contributed by atoms with E-state index in [1.54, 1.807) is 36.4 Å². The summed E-state index contributed by atoms with van der Waals surface area (Å²) in [4.78, 5) is 53.5. The van der Waals surface area contributed by atoms with Gasteiger partial charge in [-0.1, -0.05) is 24.3 Å². The predicted molar refractivity (Wildman–Crippen MR) is 196 cm³/mol. The Kier molecular flexibility index (Phi) is 11.9. The average molecular weight is 725 g/mol. The summed E-state index contributed by atoms with van der Waals surface area (Å²) in [6.45, 7) is 3.98. The van der Waals surface area contributed by atoms with E-state index in [1.807, 2.05) is 24.3 Å². The van der Waals surface area contributed by atoms with Crippen LogP contribution in [-0.2, 0) is 22.6 Å². The van der Waals surface area contributed by atoms with Crippen LogP contribution in [-0.4, -0.2) is 75.4 Å². The number of benzene rings is 3. The summed E-state index contributed by atoms with van der Waals surface area (Å²) in [6.07, 6.45) is 6.65. The molecule has 12 nitrogen and oxygen atoms in total. The van der Waals surface area contributed by atoms with Gasteiger partial charge in [0.05, 0.1) is 38.6 Å². The highest BCUT2D eigenvalue weighted by atomic mass is 16.6. The van der Waals surface area contributed by atoms with Gasteiger partial charge in [-0.2, -0.15) is 0 Å². The summed E-state index contributed by atoms with van der Waals surface area (Å²) in [6, 6.07) is 17.5. The molecule has 0 spiro atoms. The van der Waals surface area contributed by atoms with Crippen LogP contribution in [0.15, 0.2) is 60.7 Å². The summed E-state index contributed by atoms with van der Waals surface area (Å²) in [5.41, 5.74) is 3.16. The lowest BCUT2D eigenvalue weighted by Gasteiger charge is -2.28. The van der Waals surface area contributed by atoms with Crippen molar-refractivity contribution >= 4 is 23.6 Å². The molecule has 2 atom stereocenters. The molecule has 10 rings (SSSR count). The molecule has 6 heterocycles. The molecule has 4 amide bonds. The first-order valence-corrected chi connectivity index (χ1v) is 18.8. The topological polar surface area (TPSA) is 160 Å². The van der Waals surface area contributed by atoms with Crippen molar-refractivity contribution in [1.29, 1.82) is 0 Å². The second kappa shape index (κ2) is 17.3. The Bertz CT molecular complexity index is 1780. The van der Waals surface area contributed by atoms with E-state index in [1.165, 1.54) is 0 Å². The third kappa shape index (κ3) is 10.8. The van der Waals surface area contributed by atoms with Gasteiger partial charge in [0.25, 0.3) is 23.6 Å². The van der Waals surface area contributed by atoms with E-state index in [9.17, 15) is 19.2 Å². The molecular weight excluding hydrogens is 676 g/mol. The van der Waals surface area contributed by atoms with Crippen molar-refractivity contribution in [3.8, 4) is 11.5 Å². The number of hydrogen-bond donors (Lipinski definition) is 4. The molecule has 0 aromatic heterocycles. The molecule has 6 aliphatic heterocycles. The van der Waals surface area contributed by atoms with E-state index in [0.717, 1.165) is 69.3 Å². The van der Waals surface area contributed by atoms with E-state index >= 15 is 0 Å². The number of rotatable bonds is 9. The standard InChI is InChI=1S/C41H48N4O8/c46-38-30-14-31(17-36(16-30)50-12-1-2-34-24-52-34)39(47)43-21-27-5-9-29(10-6-27)23-45-41(49)33-15-32(18-37(19-33)51-13-11-35-25-53-35)40(48)44-22-28-7-3-26(4-8-28)20-42-38/h3-4,7-8,14-19,27,29,34-35H,1-2,5-6,9-13,20-25H2,(H,42,46)(H,43,47)(H,44,48)(H,45,49). The molecule has 2 saturated heterocycles. The Morgan fingerprint density at radius 2 is 0.925 bits per heavy atom. The summed E-state index contributed by atoms with van der Waals surface area (Å²) >= 11 is 0. The maximum Gasteiger partial charge on any atom is 0.251 e. The van der Waals surface area contributed by atoms with E-state index in [-0.39, 0.29) is 42.8 Å². The molecule has 0 radical (unpaired) electrons. The van der Waals surface area contributed by atoms with Crippen molar-refractivity contribution < 1.29 is 38.1 Å². The van der Waals surface area contributed by atoms with Crippen molar-refractivity contribution in [3.05, 3.63) is 94.0 Å². The number of carbonyl (C=O) groups excluding carboxylic acids is 4. The van der Waals surface area contributed by atoms with Crippen LogP contribution in [0.3, 0.4) is 0 Å². The fourth-order valence-corrected chi connectivity index (χ4v) is 6.83. The fraction of sp³-hybridized carbons (Fsp3) is 0.463. The SMILES string of the molecule is O=C1NCc2ccc(cc2)CNC(=O)c2cc(OCCC3CO3)cc(c2)C(=O)NCC2CCC(CC2)CNC(=O)c2cc(OCCCC3CO3)cc1c2. The van der Waals surface area contributed by atoms with Crippen LogP contribution in [0.5, 0.6) is 11.5 Å². The van der Waals surface area contributed by atoms with Gasteiger partial charge in [-0.3, -0.25) is 19.2 Å². The predicted octanol–water partition coefficient (Wildman–Crippen LogP) is 4.55. The molecule has 3 aromatic rings. The van der Waals surface area contributed by atoms with Gasteiger partial charge in [-0.05, 0) is 97.9 Å². The molecule has 4 N–H and O–H groups in total. The van der Waals surface area contributed by atoms with Crippen LogP contribution in [0.25, 0.3) is 0 Å². The molecular formula is C41H48N4O8. The van der Waals surface area contributed by atoms with Gasteiger partial charge in [0, 0.05) is 54.9 Å².